The van der Waals surface area contributed by atoms with Crippen molar-refractivity contribution in [2.75, 3.05) is 0 Å². The molecule has 3 rings (SSSR count). The van der Waals surface area contributed by atoms with Gasteiger partial charge in [0.25, 0.3) is 0 Å². The van der Waals surface area contributed by atoms with Crippen LogP contribution in [-0.4, -0.2) is 5.71 Å². The fraction of sp³-hybridized carbons (Fsp3) is 0.526. The van der Waals surface area contributed by atoms with E-state index >= 15 is 0 Å². The van der Waals surface area contributed by atoms with Crippen molar-refractivity contribution in [1.29, 1.82) is 0 Å². The third-order valence-electron chi connectivity index (χ3n) is 4.65. The van der Waals surface area contributed by atoms with Crippen molar-refractivity contribution < 1.29 is 0 Å². The van der Waals surface area contributed by atoms with Crippen LogP contribution in [0.5, 0.6) is 0 Å². The second kappa shape index (κ2) is 6.39. The van der Waals surface area contributed by atoms with Crippen molar-refractivity contribution in [3.8, 4) is 0 Å². The third kappa shape index (κ3) is 3.03. The van der Waals surface area contributed by atoms with Crippen molar-refractivity contribution in [1.82, 2.24) is 0 Å². The highest BCUT2D eigenvalue weighted by molar-refractivity contribution is 5.87. The van der Waals surface area contributed by atoms with Gasteiger partial charge in [0.15, 0.2) is 0 Å². The second-order valence-electron chi connectivity index (χ2n) is 6.21. The lowest BCUT2D eigenvalue weighted by molar-refractivity contribution is 0.643. The van der Waals surface area contributed by atoms with Gasteiger partial charge in [-0.15, -0.1) is 0 Å². The summed E-state index contributed by atoms with van der Waals surface area (Å²) in [6, 6.07) is 6.44. The number of hydrogen-bond donors (Lipinski definition) is 0. The van der Waals surface area contributed by atoms with Gasteiger partial charge in [-0.25, -0.2) is 0 Å². The molecule has 0 atom stereocenters. The smallest absolute Gasteiger partial charge is 0.0706 e. The molecule has 1 aromatic rings. The first-order chi connectivity index (χ1) is 9.84. The first-order valence-electron chi connectivity index (χ1n) is 8.21. The number of benzene rings is 1. The Hall–Kier alpha value is -1.37. The van der Waals surface area contributed by atoms with Crippen LogP contribution in [0, 0.1) is 0 Å². The first kappa shape index (κ1) is 13.6. The lowest BCUT2D eigenvalue weighted by Crippen LogP contribution is -2.27. The SMILES string of the molecule is C=c1cccc(N=C2CCCCC2)c1=C1CCCCC1. The molecule has 1 nitrogen and oxygen atoms in total. The van der Waals surface area contributed by atoms with E-state index in [-0.39, 0.29) is 0 Å². The maximum Gasteiger partial charge on any atom is 0.0706 e. The molecule has 0 spiro atoms. The number of nitrogens with zero attached hydrogens (tertiary/aromatic N) is 1. The zero-order chi connectivity index (χ0) is 13.8. The minimum Gasteiger partial charge on any atom is -0.257 e. The van der Waals surface area contributed by atoms with Crippen LogP contribution in [0.25, 0.3) is 12.2 Å². The van der Waals surface area contributed by atoms with Crippen LogP contribution in [0.15, 0.2) is 23.2 Å². The Kier molecular flexibility index (Phi) is 4.34. The topological polar surface area (TPSA) is 12.4 Å². The molecule has 0 saturated heterocycles. The van der Waals surface area contributed by atoms with Crippen LogP contribution in [0.2, 0.25) is 0 Å². The lowest BCUT2D eigenvalue weighted by atomic mass is 9.92. The van der Waals surface area contributed by atoms with Gasteiger partial charge in [-0.2, -0.15) is 0 Å². The van der Waals surface area contributed by atoms with E-state index in [1.807, 2.05) is 0 Å². The molecule has 0 radical (unpaired) electrons. The van der Waals surface area contributed by atoms with Crippen molar-refractivity contribution >= 4 is 23.6 Å². The van der Waals surface area contributed by atoms with Crippen LogP contribution in [-0.2, 0) is 0 Å². The summed E-state index contributed by atoms with van der Waals surface area (Å²) in [7, 11) is 0. The van der Waals surface area contributed by atoms with Gasteiger partial charge in [0.05, 0.1) is 5.69 Å². The molecule has 0 N–H and O–H groups in total. The largest absolute Gasteiger partial charge is 0.257 e. The van der Waals surface area contributed by atoms with E-state index in [1.54, 1.807) is 5.57 Å². The molecule has 2 saturated carbocycles. The van der Waals surface area contributed by atoms with Crippen LogP contribution < -0.4 is 10.4 Å². The Balaban J connectivity index is 2.07. The monoisotopic (exact) mass is 267 g/mol. The minimum atomic E-state index is 1.17. The van der Waals surface area contributed by atoms with Crippen molar-refractivity contribution in [3.63, 3.8) is 0 Å². The van der Waals surface area contributed by atoms with Gasteiger partial charge in [0, 0.05) is 10.9 Å². The molecule has 1 heteroatoms. The third-order valence-corrected chi connectivity index (χ3v) is 4.65. The maximum absolute atomic E-state index is 5.01. The molecule has 106 valence electrons. The summed E-state index contributed by atoms with van der Waals surface area (Å²) in [6.45, 7) is 4.26. The van der Waals surface area contributed by atoms with E-state index in [2.05, 4.69) is 24.8 Å². The summed E-state index contributed by atoms with van der Waals surface area (Å²) in [5.41, 5.74) is 4.18. The standard InChI is InChI=1S/C19H25N/c1-15-9-8-14-18(20-17-12-6-3-7-13-17)19(15)16-10-4-2-5-11-16/h8-9,14H,1-7,10-13H2. The fourth-order valence-corrected chi connectivity index (χ4v) is 3.56. The zero-order valence-corrected chi connectivity index (χ0v) is 12.5. The molecule has 0 unspecified atom stereocenters. The highest BCUT2D eigenvalue weighted by Crippen LogP contribution is 2.24. The Labute approximate surface area is 122 Å². The Bertz CT molecular complexity index is 593. The second-order valence-corrected chi connectivity index (χ2v) is 6.21. The summed E-state index contributed by atoms with van der Waals surface area (Å²) < 4.78 is 0. The van der Waals surface area contributed by atoms with Crippen LogP contribution in [0.4, 0.5) is 5.69 Å². The number of hydrogen-bond acceptors (Lipinski definition) is 1. The van der Waals surface area contributed by atoms with Gasteiger partial charge in [0.1, 0.15) is 0 Å². The summed E-state index contributed by atoms with van der Waals surface area (Å²) in [4.78, 5) is 5.01. The van der Waals surface area contributed by atoms with Crippen molar-refractivity contribution in [3.05, 3.63) is 28.6 Å². The molecule has 0 aromatic heterocycles. The lowest BCUT2D eigenvalue weighted by Gasteiger charge is -2.16. The molecule has 0 amide bonds. The van der Waals surface area contributed by atoms with Crippen molar-refractivity contribution in [2.45, 2.75) is 64.2 Å². The van der Waals surface area contributed by atoms with Crippen LogP contribution in [0.3, 0.4) is 0 Å². The molecular weight excluding hydrogens is 242 g/mol. The summed E-state index contributed by atoms with van der Waals surface area (Å²) in [5, 5.41) is 2.53. The van der Waals surface area contributed by atoms with E-state index in [9.17, 15) is 0 Å². The number of rotatable bonds is 1. The van der Waals surface area contributed by atoms with Gasteiger partial charge in [-0.05, 0) is 62.7 Å². The van der Waals surface area contributed by atoms with E-state index in [4.69, 9.17) is 4.99 Å². The Morgan fingerprint density at radius 2 is 1.45 bits per heavy atom. The average molecular weight is 267 g/mol. The first-order valence-corrected chi connectivity index (χ1v) is 8.21. The Morgan fingerprint density at radius 1 is 0.800 bits per heavy atom. The van der Waals surface area contributed by atoms with Gasteiger partial charge in [-0.3, -0.25) is 4.99 Å². The molecule has 2 aliphatic carbocycles. The molecule has 0 bridgehead atoms. The quantitative estimate of drug-likeness (QED) is 0.721. The van der Waals surface area contributed by atoms with Crippen LogP contribution >= 0.6 is 0 Å². The fourth-order valence-electron chi connectivity index (χ4n) is 3.56. The Morgan fingerprint density at radius 3 is 2.15 bits per heavy atom. The summed E-state index contributed by atoms with van der Waals surface area (Å²) >= 11 is 0. The predicted molar refractivity (Wildman–Crippen MR) is 87.9 cm³/mol. The van der Waals surface area contributed by atoms with Crippen molar-refractivity contribution in [2.24, 2.45) is 4.99 Å². The molecule has 0 aliphatic heterocycles. The van der Waals surface area contributed by atoms with Gasteiger partial charge < -0.3 is 0 Å². The highest BCUT2D eigenvalue weighted by Gasteiger charge is 2.10. The van der Waals surface area contributed by atoms with E-state index in [0.717, 1.165) is 0 Å². The highest BCUT2D eigenvalue weighted by atomic mass is 14.7. The molecule has 1 aromatic carbocycles. The van der Waals surface area contributed by atoms with E-state index < -0.39 is 0 Å². The van der Waals surface area contributed by atoms with Gasteiger partial charge >= 0.3 is 0 Å². The zero-order valence-electron chi connectivity index (χ0n) is 12.5. The van der Waals surface area contributed by atoms with E-state index in [0.29, 0.717) is 0 Å². The maximum atomic E-state index is 5.01. The van der Waals surface area contributed by atoms with Crippen LogP contribution in [0.1, 0.15) is 64.2 Å². The summed E-state index contributed by atoms with van der Waals surface area (Å²) in [5.74, 6) is 0. The van der Waals surface area contributed by atoms with Gasteiger partial charge in [0.2, 0.25) is 0 Å². The van der Waals surface area contributed by atoms with E-state index in [1.165, 1.54) is 86.0 Å². The predicted octanol–water partition coefficient (Wildman–Crippen LogP) is 4.25. The minimum absolute atomic E-state index is 1.17. The molecule has 2 aliphatic rings. The molecule has 20 heavy (non-hydrogen) atoms. The number of aliphatic imine (C=N–C) groups is 1. The summed E-state index contributed by atoms with van der Waals surface area (Å²) in [6.07, 6.45) is 12.9. The average Bonchev–Trinajstić information content (AvgIpc) is 2.49. The molecular formula is C19H25N. The molecule has 0 heterocycles. The van der Waals surface area contributed by atoms with Gasteiger partial charge in [-0.1, -0.05) is 37.1 Å². The molecule has 2 fully saturated rings. The normalized spacial score (nSPS) is 20.0.